The summed E-state index contributed by atoms with van der Waals surface area (Å²) in [6.45, 7) is 3.72. The summed E-state index contributed by atoms with van der Waals surface area (Å²) in [4.78, 5) is 12.3. The fourth-order valence-corrected chi connectivity index (χ4v) is 2.18. The van der Waals surface area contributed by atoms with E-state index in [1.54, 1.807) is 23.7 Å². The Bertz CT molecular complexity index is 875. The molecule has 0 saturated carbocycles. The van der Waals surface area contributed by atoms with Crippen LogP contribution in [0.15, 0.2) is 35.9 Å². The first-order chi connectivity index (χ1) is 11.0. The van der Waals surface area contributed by atoms with Crippen molar-refractivity contribution in [2.75, 3.05) is 5.32 Å². The molecule has 2 rings (SSSR count). The van der Waals surface area contributed by atoms with E-state index in [-0.39, 0.29) is 5.57 Å². The third-order valence-corrected chi connectivity index (χ3v) is 3.75. The predicted molar refractivity (Wildman–Crippen MR) is 88.3 cm³/mol. The van der Waals surface area contributed by atoms with Crippen LogP contribution < -0.4 is 5.32 Å². The van der Waals surface area contributed by atoms with Crippen LogP contribution >= 0.6 is 0 Å². The Morgan fingerprint density at radius 2 is 1.96 bits per heavy atom. The number of nitrogens with one attached hydrogen (secondary N) is 1. The lowest BCUT2D eigenvalue weighted by Crippen LogP contribution is -2.14. The van der Waals surface area contributed by atoms with Gasteiger partial charge in [-0.1, -0.05) is 18.2 Å². The molecule has 1 N–H and O–H groups in total. The lowest BCUT2D eigenvalue weighted by atomic mass is 10.1. The highest BCUT2D eigenvalue weighted by molar-refractivity contribution is 6.10. The van der Waals surface area contributed by atoms with E-state index < -0.39 is 5.91 Å². The Labute approximate surface area is 135 Å². The number of hydrogen-bond donors (Lipinski definition) is 1. The Morgan fingerprint density at radius 3 is 2.52 bits per heavy atom. The van der Waals surface area contributed by atoms with Crippen LogP contribution in [0.1, 0.15) is 22.5 Å². The summed E-state index contributed by atoms with van der Waals surface area (Å²) in [6, 6.07) is 13.0. The summed E-state index contributed by atoms with van der Waals surface area (Å²) in [5.41, 5.74) is 3.55. The standard InChI is InChI=1S/C18H16N4O/c1-12-6-4-5-7-17(12)21-18(23)15(10-19)8-14-9-16(11-20)22(3)13(14)2/h4-9H,1-3H3,(H,21,23)/b15-8+. The van der Waals surface area contributed by atoms with E-state index >= 15 is 0 Å². The zero-order valence-electron chi connectivity index (χ0n) is 13.2. The molecule has 0 spiro atoms. The maximum Gasteiger partial charge on any atom is 0.266 e. The monoisotopic (exact) mass is 304 g/mol. The molecule has 23 heavy (non-hydrogen) atoms. The van der Waals surface area contributed by atoms with Gasteiger partial charge in [-0.25, -0.2) is 0 Å². The van der Waals surface area contributed by atoms with Gasteiger partial charge in [-0.05, 0) is 43.2 Å². The molecule has 2 aromatic rings. The van der Waals surface area contributed by atoms with E-state index in [2.05, 4.69) is 11.4 Å². The van der Waals surface area contributed by atoms with Crippen LogP contribution in [0.3, 0.4) is 0 Å². The summed E-state index contributed by atoms with van der Waals surface area (Å²) in [5.74, 6) is -0.469. The van der Waals surface area contributed by atoms with Crippen LogP contribution in [-0.4, -0.2) is 10.5 Å². The first kappa shape index (κ1) is 16.1. The maximum atomic E-state index is 12.3. The van der Waals surface area contributed by atoms with Crippen LogP contribution in [0.25, 0.3) is 6.08 Å². The van der Waals surface area contributed by atoms with Crippen molar-refractivity contribution in [3.05, 3.63) is 58.4 Å². The first-order valence-corrected chi connectivity index (χ1v) is 7.03. The number of aryl methyl sites for hydroxylation is 1. The average molecular weight is 304 g/mol. The van der Waals surface area contributed by atoms with Crippen LogP contribution in [0.5, 0.6) is 0 Å². The minimum Gasteiger partial charge on any atom is -0.339 e. The number of carbonyl (C=O) groups is 1. The number of nitrogens with zero attached hydrogens (tertiary/aromatic N) is 3. The van der Waals surface area contributed by atoms with Gasteiger partial charge >= 0.3 is 0 Å². The van der Waals surface area contributed by atoms with Gasteiger partial charge in [0, 0.05) is 18.4 Å². The second-order valence-corrected chi connectivity index (χ2v) is 5.18. The largest absolute Gasteiger partial charge is 0.339 e. The zero-order valence-corrected chi connectivity index (χ0v) is 13.2. The van der Waals surface area contributed by atoms with Crippen LogP contribution in [0.2, 0.25) is 0 Å². The molecule has 0 radical (unpaired) electrons. The van der Waals surface area contributed by atoms with Gasteiger partial charge < -0.3 is 9.88 Å². The lowest BCUT2D eigenvalue weighted by Gasteiger charge is -2.07. The number of nitriles is 2. The summed E-state index contributed by atoms with van der Waals surface area (Å²) >= 11 is 0. The summed E-state index contributed by atoms with van der Waals surface area (Å²) in [5, 5.41) is 21.1. The van der Waals surface area contributed by atoms with Crippen molar-refractivity contribution >= 4 is 17.7 Å². The van der Waals surface area contributed by atoms with Crippen LogP contribution in [0, 0.1) is 36.5 Å². The number of carbonyl (C=O) groups excluding carboxylic acids is 1. The van der Waals surface area contributed by atoms with E-state index in [1.165, 1.54) is 6.08 Å². The van der Waals surface area contributed by atoms with Crippen LogP contribution in [0.4, 0.5) is 5.69 Å². The molecule has 1 aromatic heterocycles. The molecule has 1 aromatic carbocycles. The highest BCUT2D eigenvalue weighted by Gasteiger charge is 2.13. The van der Waals surface area contributed by atoms with Gasteiger partial charge in [0.05, 0.1) is 0 Å². The minimum absolute atomic E-state index is 0.00792. The Hall–Kier alpha value is -3.31. The molecular weight excluding hydrogens is 288 g/mol. The van der Waals surface area contributed by atoms with Crippen molar-refractivity contribution in [1.29, 1.82) is 10.5 Å². The Kier molecular flexibility index (Phi) is 4.64. The summed E-state index contributed by atoms with van der Waals surface area (Å²) in [7, 11) is 1.77. The number of aromatic nitrogens is 1. The maximum absolute atomic E-state index is 12.3. The number of amides is 1. The van der Waals surface area contributed by atoms with E-state index in [1.807, 2.05) is 38.1 Å². The molecule has 1 heterocycles. The number of benzene rings is 1. The van der Waals surface area contributed by atoms with Crippen molar-refractivity contribution in [2.45, 2.75) is 13.8 Å². The Balaban J connectivity index is 2.33. The highest BCUT2D eigenvalue weighted by Crippen LogP contribution is 2.19. The van der Waals surface area contributed by atoms with Crippen molar-refractivity contribution in [2.24, 2.45) is 7.05 Å². The van der Waals surface area contributed by atoms with E-state index in [0.717, 1.165) is 11.3 Å². The number of anilines is 1. The third-order valence-electron chi connectivity index (χ3n) is 3.75. The molecule has 1 amide bonds. The molecule has 0 aliphatic rings. The minimum atomic E-state index is -0.469. The topological polar surface area (TPSA) is 81.6 Å². The van der Waals surface area contributed by atoms with Gasteiger partial charge in [-0.15, -0.1) is 0 Å². The fraction of sp³-hybridized carbons (Fsp3) is 0.167. The van der Waals surface area contributed by atoms with Crippen LogP contribution in [-0.2, 0) is 11.8 Å². The molecule has 0 fully saturated rings. The van der Waals surface area contributed by atoms with Crippen molar-refractivity contribution in [3.8, 4) is 12.1 Å². The first-order valence-electron chi connectivity index (χ1n) is 7.03. The molecule has 0 bridgehead atoms. The second kappa shape index (κ2) is 6.64. The van der Waals surface area contributed by atoms with E-state index in [0.29, 0.717) is 16.9 Å². The molecule has 114 valence electrons. The molecule has 0 saturated heterocycles. The molecule has 0 atom stereocenters. The smallest absolute Gasteiger partial charge is 0.266 e. The predicted octanol–water partition coefficient (Wildman–Crippen LogP) is 3.06. The number of rotatable bonds is 3. The lowest BCUT2D eigenvalue weighted by molar-refractivity contribution is -0.112. The van der Waals surface area contributed by atoms with E-state index in [4.69, 9.17) is 5.26 Å². The molecule has 5 heteroatoms. The van der Waals surface area contributed by atoms with Gasteiger partial charge in [0.1, 0.15) is 23.4 Å². The second-order valence-electron chi connectivity index (χ2n) is 5.18. The van der Waals surface area contributed by atoms with Gasteiger partial charge in [-0.3, -0.25) is 4.79 Å². The highest BCUT2D eigenvalue weighted by atomic mass is 16.1. The zero-order chi connectivity index (χ0) is 17.0. The normalized spacial score (nSPS) is 10.7. The SMILES string of the molecule is Cc1ccccc1NC(=O)/C(C#N)=C/c1cc(C#N)n(C)c1C. The molecule has 0 unspecified atom stereocenters. The fourth-order valence-electron chi connectivity index (χ4n) is 2.18. The van der Waals surface area contributed by atoms with Gasteiger partial charge in [-0.2, -0.15) is 10.5 Å². The average Bonchev–Trinajstić information content (AvgIpc) is 2.82. The van der Waals surface area contributed by atoms with E-state index in [9.17, 15) is 10.1 Å². The molecule has 5 nitrogen and oxygen atoms in total. The Morgan fingerprint density at radius 1 is 1.26 bits per heavy atom. The number of para-hydroxylation sites is 1. The molecule has 0 aliphatic heterocycles. The van der Waals surface area contributed by atoms with Crippen molar-refractivity contribution < 1.29 is 4.79 Å². The van der Waals surface area contributed by atoms with Gasteiger partial charge in [0.25, 0.3) is 5.91 Å². The molecule has 0 aliphatic carbocycles. The van der Waals surface area contributed by atoms with Crippen molar-refractivity contribution in [1.82, 2.24) is 4.57 Å². The molecular formula is C18H16N4O. The van der Waals surface area contributed by atoms with Crippen molar-refractivity contribution in [3.63, 3.8) is 0 Å². The van der Waals surface area contributed by atoms with Gasteiger partial charge in [0.15, 0.2) is 0 Å². The third kappa shape index (κ3) is 3.30. The van der Waals surface area contributed by atoms with Gasteiger partial charge in [0.2, 0.25) is 0 Å². The number of hydrogen-bond acceptors (Lipinski definition) is 3. The summed E-state index contributed by atoms with van der Waals surface area (Å²) in [6.07, 6.45) is 1.50. The quantitative estimate of drug-likeness (QED) is 0.699. The summed E-state index contributed by atoms with van der Waals surface area (Å²) < 4.78 is 1.72.